The van der Waals surface area contributed by atoms with Gasteiger partial charge in [0.25, 0.3) is 0 Å². The van der Waals surface area contributed by atoms with E-state index in [1.165, 1.54) is 0 Å². The van der Waals surface area contributed by atoms with E-state index in [0.717, 1.165) is 30.9 Å². The van der Waals surface area contributed by atoms with Gasteiger partial charge in [0.15, 0.2) is 0 Å². The van der Waals surface area contributed by atoms with Crippen LogP contribution in [0, 0.1) is 0 Å². The van der Waals surface area contributed by atoms with Gasteiger partial charge in [0.05, 0.1) is 0 Å². The fourth-order valence-electron chi connectivity index (χ4n) is 2.06. The molecule has 0 spiro atoms. The van der Waals surface area contributed by atoms with E-state index in [0.29, 0.717) is 0 Å². The number of ether oxygens (including phenoxy) is 1. The summed E-state index contributed by atoms with van der Waals surface area (Å²) in [5.41, 5.74) is 6.35. The van der Waals surface area contributed by atoms with Gasteiger partial charge in [-0.2, -0.15) is 0 Å². The summed E-state index contributed by atoms with van der Waals surface area (Å²) in [6.07, 6.45) is 1.08. The normalized spacial score (nSPS) is 23.6. The summed E-state index contributed by atoms with van der Waals surface area (Å²) in [4.78, 5) is 2.29. The number of halogens is 2. The highest BCUT2D eigenvalue weighted by Crippen LogP contribution is 2.27. The van der Waals surface area contributed by atoms with Crippen molar-refractivity contribution in [2.45, 2.75) is 18.9 Å². The van der Waals surface area contributed by atoms with Crippen molar-refractivity contribution >= 4 is 30.5 Å². The average Bonchev–Trinajstić information content (AvgIpc) is 2.50. The third-order valence-electron chi connectivity index (χ3n) is 2.87. The van der Waals surface area contributed by atoms with Crippen LogP contribution in [0.3, 0.4) is 0 Å². The van der Waals surface area contributed by atoms with Crippen molar-refractivity contribution in [3.05, 3.63) is 24.3 Å². The second-order valence-electron chi connectivity index (χ2n) is 4.61. The molecule has 0 aromatic heterocycles. The molecule has 0 saturated carbocycles. The van der Waals surface area contributed by atoms with E-state index in [1.54, 1.807) is 0 Å². The Kier molecular flexibility index (Phi) is 6.10. The minimum atomic E-state index is -0.0507. The fraction of sp³-hybridized carbons (Fsp3) is 0.500. The molecule has 2 rings (SSSR count). The van der Waals surface area contributed by atoms with Crippen molar-refractivity contribution in [1.82, 2.24) is 4.90 Å². The van der Waals surface area contributed by atoms with Gasteiger partial charge in [0, 0.05) is 25.2 Å². The Morgan fingerprint density at radius 3 is 2.29 bits per heavy atom. The van der Waals surface area contributed by atoms with Gasteiger partial charge in [-0.05, 0) is 38.2 Å². The Morgan fingerprint density at radius 1 is 1.24 bits per heavy atom. The smallest absolute Gasteiger partial charge is 0.120 e. The SMILES string of the molecule is CN1CCC(C)(Oc2ccc(N)cc2)C1.Cl.Cl. The quantitative estimate of drug-likeness (QED) is 0.846. The predicted octanol–water partition coefficient (Wildman–Crippen LogP) is 2.59. The molecule has 1 atom stereocenters. The van der Waals surface area contributed by atoms with E-state index >= 15 is 0 Å². The lowest BCUT2D eigenvalue weighted by Crippen LogP contribution is -2.35. The van der Waals surface area contributed by atoms with Crippen molar-refractivity contribution in [1.29, 1.82) is 0 Å². The summed E-state index contributed by atoms with van der Waals surface area (Å²) < 4.78 is 5.99. The zero-order valence-corrected chi connectivity index (χ0v) is 11.8. The van der Waals surface area contributed by atoms with Crippen molar-refractivity contribution < 1.29 is 4.74 Å². The Morgan fingerprint density at radius 2 is 1.82 bits per heavy atom. The van der Waals surface area contributed by atoms with Gasteiger partial charge in [-0.15, -0.1) is 24.8 Å². The second-order valence-corrected chi connectivity index (χ2v) is 4.61. The molecule has 1 aromatic rings. The molecule has 1 aromatic carbocycles. The first kappa shape index (κ1) is 16.4. The first-order valence-electron chi connectivity index (χ1n) is 5.31. The standard InChI is InChI=1S/C12H18N2O.2ClH/c1-12(7-8-14(2)9-12)15-11-5-3-10(13)4-6-11;;/h3-6H,7-9,13H2,1-2H3;2*1H. The minimum absolute atomic E-state index is 0. The summed E-state index contributed by atoms with van der Waals surface area (Å²) in [5, 5.41) is 0. The summed E-state index contributed by atoms with van der Waals surface area (Å²) in [6, 6.07) is 7.60. The van der Waals surface area contributed by atoms with Crippen LogP contribution in [0.25, 0.3) is 0 Å². The molecule has 98 valence electrons. The highest BCUT2D eigenvalue weighted by Gasteiger charge is 2.33. The van der Waals surface area contributed by atoms with Crippen molar-refractivity contribution in [3.63, 3.8) is 0 Å². The summed E-state index contributed by atoms with van der Waals surface area (Å²) in [6.45, 7) is 4.25. The number of nitrogens with two attached hydrogens (primary N) is 1. The maximum Gasteiger partial charge on any atom is 0.120 e. The fourth-order valence-corrected chi connectivity index (χ4v) is 2.06. The van der Waals surface area contributed by atoms with E-state index in [-0.39, 0.29) is 30.4 Å². The highest BCUT2D eigenvalue weighted by atomic mass is 35.5. The lowest BCUT2D eigenvalue weighted by Gasteiger charge is -2.25. The maximum atomic E-state index is 5.99. The van der Waals surface area contributed by atoms with E-state index in [9.17, 15) is 0 Å². The maximum absolute atomic E-state index is 5.99. The van der Waals surface area contributed by atoms with Crippen LogP contribution < -0.4 is 10.5 Å². The lowest BCUT2D eigenvalue weighted by molar-refractivity contribution is 0.0998. The molecule has 1 saturated heterocycles. The Hall–Kier alpha value is -0.640. The molecule has 0 amide bonds. The summed E-state index contributed by atoms with van der Waals surface area (Å²) in [5.74, 6) is 0.905. The van der Waals surface area contributed by atoms with Crippen molar-refractivity contribution in [2.24, 2.45) is 0 Å². The number of likely N-dealkylation sites (N-methyl/N-ethyl adjacent to an activating group) is 1. The molecule has 0 radical (unpaired) electrons. The summed E-state index contributed by atoms with van der Waals surface area (Å²) >= 11 is 0. The zero-order chi connectivity index (χ0) is 10.9. The molecule has 1 unspecified atom stereocenters. The number of rotatable bonds is 2. The topological polar surface area (TPSA) is 38.5 Å². The first-order valence-corrected chi connectivity index (χ1v) is 5.31. The van der Waals surface area contributed by atoms with E-state index in [1.807, 2.05) is 24.3 Å². The molecule has 0 bridgehead atoms. The Balaban J connectivity index is 0.00000128. The molecular formula is C12H20Cl2N2O. The van der Waals surface area contributed by atoms with Crippen LogP contribution in [0.15, 0.2) is 24.3 Å². The van der Waals surface area contributed by atoms with Crippen LogP contribution in [0.1, 0.15) is 13.3 Å². The van der Waals surface area contributed by atoms with Crippen LogP contribution in [-0.4, -0.2) is 30.6 Å². The number of nitrogen functional groups attached to an aromatic ring is 1. The van der Waals surface area contributed by atoms with Gasteiger partial charge in [-0.3, -0.25) is 0 Å². The zero-order valence-electron chi connectivity index (χ0n) is 10.2. The van der Waals surface area contributed by atoms with Gasteiger partial charge < -0.3 is 15.4 Å². The van der Waals surface area contributed by atoms with Gasteiger partial charge >= 0.3 is 0 Å². The number of benzene rings is 1. The molecule has 0 aliphatic carbocycles. The molecular weight excluding hydrogens is 259 g/mol. The monoisotopic (exact) mass is 278 g/mol. The van der Waals surface area contributed by atoms with Crippen LogP contribution in [0.2, 0.25) is 0 Å². The number of hydrogen-bond donors (Lipinski definition) is 1. The molecule has 1 fully saturated rings. The minimum Gasteiger partial charge on any atom is -0.486 e. The third kappa shape index (κ3) is 4.26. The van der Waals surface area contributed by atoms with Gasteiger partial charge in [-0.25, -0.2) is 0 Å². The highest BCUT2D eigenvalue weighted by molar-refractivity contribution is 5.85. The molecule has 1 aliphatic heterocycles. The second kappa shape index (κ2) is 6.34. The van der Waals surface area contributed by atoms with Crippen molar-refractivity contribution in [3.8, 4) is 5.75 Å². The van der Waals surface area contributed by atoms with Gasteiger partial charge in [-0.1, -0.05) is 0 Å². The predicted molar refractivity (Wildman–Crippen MR) is 76.5 cm³/mol. The first-order chi connectivity index (χ1) is 7.07. The van der Waals surface area contributed by atoms with E-state index in [2.05, 4.69) is 18.9 Å². The van der Waals surface area contributed by atoms with Crippen LogP contribution in [-0.2, 0) is 0 Å². The van der Waals surface area contributed by atoms with E-state index < -0.39 is 0 Å². The van der Waals surface area contributed by atoms with Gasteiger partial charge in [0.2, 0.25) is 0 Å². The number of anilines is 1. The molecule has 17 heavy (non-hydrogen) atoms. The largest absolute Gasteiger partial charge is 0.486 e. The summed E-state index contributed by atoms with van der Waals surface area (Å²) in [7, 11) is 2.12. The molecule has 5 heteroatoms. The number of likely N-dealkylation sites (tertiary alicyclic amines) is 1. The van der Waals surface area contributed by atoms with Crippen molar-refractivity contribution in [2.75, 3.05) is 25.9 Å². The average molecular weight is 279 g/mol. The van der Waals surface area contributed by atoms with Crippen LogP contribution in [0.4, 0.5) is 5.69 Å². The molecule has 2 N–H and O–H groups in total. The van der Waals surface area contributed by atoms with Crippen LogP contribution in [0.5, 0.6) is 5.75 Å². The molecule has 1 aliphatic rings. The Bertz CT molecular complexity index is 345. The number of hydrogen-bond acceptors (Lipinski definition) is 3. The van der Waals surface area contributed by atoms with E-state index in [4.69, 9.17) is 10.5 Å². The molecule has 1 heterocycles. The van der Waals surface area contributed by atoms with Gasteiger partial charge in [0.1, 0.15) is 11.4 Å². The Labute approximate surface area is 115 Å². The molecule has 3 nitrogen and oxygen atoms in total. The number of nitrogens with zero attached hydrogens (tertiary/aromatic N) is 1. The lowest BCUT2D eigenvalue weighted by atomic mass is 10.1. The van der Waals surface area contributed by atoms with Crippen LogP contribution >= 0.6 is 24.8 Å². The third-order valence-corrected chi connectivity index (χ3v) is 2.87.